The van der Waals surface area contributed by atoms with E-state index in [1.165, 1.54) is 70.9 Å². The van der Waals surface area contributed by atoms with Crippen LogP contribution in [0, 0.1) is 11.8 Å². The van der Waals surface area contributed by atoms with Gasteiger partial charge in [0.25, 0.3) is 0 Å². The second-order valence-corrected chi connectivity index (χ2v) is 5.64. The van der Waals surface area contributed by atoms with Crippen LogP contribution in [0.15, 0.2) is 0 Å². The lowest BCUT2D eigenvalue weighted by Crippen LogP contribution is -2.23. The van der Waals surface area contributed by atoms with E-state index in [-0.39, 0.29) is 0 Å². The zero-order valence-electron chi connectivity index (χ0n) is 11.4. The van der Waals surface area contributed by atoms with Gasteiger partial charge in [-0.05, 0) is 44.2 Å². The van der Waals surface area contributed by atoms with Gasteiger partial charge in [-0.1, -0.05) is 52.4 Å². The fraction of sp³-hybridized carbons (Fsp3) is 1.00. The first-order chi connectivity index (χ1) is 7.84. The van der Waals surface area contributed by atoms with E-state index in [9.17, 15) is 0 Å². The summed E-state index contributed by atoms with van der Waals surface area (Å²) in [4.78, 5) is 0. The molecule has 0 spiro atoms. The fourth-order valence-corrected chi connectivity index (χ4v) is 2.37. The van der Waals surface area contributed by atoms with Crippen LogP contribution in [-0.2, 0) is 0 Å². The summed E-state index contributed by atoms with van der Waals surface area (Å²) in [6, 6.07) is 0. The molecule has 1 saturated carbocycles. The van der Waals surface area contributed by atoms with Gasteiger partial charge < -0.3 is 5.32 Å². The molecule has 0 saturated heterocycles. The van der Waals surface area contributed by atoms with Gasteiger partial charge in [0.15, 0.2) is 0 Å². The molecule has 1 nitrogen and oxygen atoms in total. The maximum Gasteiger partial charge on any atom is -0.00205 e. The van der Waals surface area contributed by atoms with Crippen molar-refractivity contribution in [2.24, 2.45) is 11.8 Å². The van der Waals surface area contributed by atoms with Crippen molar-refractivity contribution in [1.82, 2.24) is 5.32 Å². The van der Waals surface area contributed by atoms with Gasteiger partial charge in [-0.3, -0.25) is 0 Å². The monoisotopic (exact) mass is 225 g/mol. The molecule has 0 bridgehead atoms. The summed E-state index contributed by atoms with van der Waals surface area (Å²) in [5, 5.41) is 3.61. The van der Waals surface area contributed by atoms with Crippen LogP contribution < -0.4 is 5.32 Å². The van der Waals surface area contributed by atoms with Crippen LogP contribution in [-0.4, -0.2) is 13.1 Å². The number of nitrogens with one attached hydrogen (secondary N) is 1. The Morgan fingerprint density at radius 3 is 2.25 bits per heavy atom. The lowest BCUT2D eigenvalue weighted by molar-refractivity contribution is 0.454. The highest BCUT2D eigenvalue weighted by Gasteiger charge is 2.27. The fourth-order valence-electron chi connectivity index (χ4n) is 2.37. The van der Waals surface area contributed by atoms with Crippen molar-refractivity contribution in [1.29, 1.82) is 0 Å². The molecule has 0 radical (unpaired) electrons. The lowest BCUT2D eigenvalue weighted by Gasteiger charge is -2.10. The van der Waals surface area contributed by atoms with E-state index in [0.29, 0.717) is 0 Å². The van der Waals surface area contributed by atoms with Crippen LogP contribution in [0.4, 0.5) is 0 Å². The minimum atomic E-state index is 0.921. The molecule has 1 heteroatoms. The van der Waals surface area contributed by atoms with E-state index in [2.05, 4.69) is 19.2 Å². The zero-order valence-corrected chi connectivity index (χ0v) is 11.4. The van der Waals surface area contributed by atoms with Crippen molar-refractivity contribution >= 4 is 0 Å². The Hall–Kier alpha value is -0.0400. The summed E-state index contributed by atoms with van der Waals surface area (Å²) >= 11 is 0. The van der Waals surface area contributed by atoms with Crippen molar-refractivity contribution in [2.45, 2.75) is 71.6 Å². The molecule has 0 aromatic rings. The highest BCUT2D eigenvalue weighted by Crippen LogP contribution is 2.35. The maximum absolute atomic E-state index is 3.61. The SMILES string of the molecule is CCCCCCCCCNCC(C)C1CC1. The van der Waals surface area contributed by atoms with E-state index in [1.807, 2.05) is 0 Å². The van der Waals surface area contributed by atoms with E-state index in [0.717, 1.165) is 11.8 Å². The molecule has 1 aliphatic rings. The average Bonchev–Trinajstić information content (AvgIpc) is 3.10. The molecule has 0 aromatic carbocycles. The maximum atomic E-state index is 3.61. The summed E-state index contributed by atoms with van der Waals surface area (Å²) < 4.78 is 0. The van der Waals surface area contributed by atoms with Crippen molar-refractivity contribution in [3.63, 3.8) is 0 Å². The summed E-state index contributed by atoms with van der Waals surface area (Å²) in [6.07, 6.45) is 12.9. The first-order valence-corrected chi connectivity index (χ1v) is 7.55. The molecular weight excluding hydrogens is 194 g/mol. The topological polar surface area (TPSA) is 12.0 Å². The third kappa shape index (κ3) is 7.27. The average molecular weight is 225 g/mol. The lowest BCUT2D eigenvalue weighted by atomic mass is 10.1. The van der Waals surface area contributed by atoms with Crippen molar-refractivity contribution in [3.05, 3.63) is 0 Å². The molecule has 1 N–H and O–H groups in total. The predicted octanol–water partition coefficient (Wildman–Crippen LogP) is 4.37. The van der Waals surface area contributed by atoms with Crippen molar-refractivity contribution in [2.75, 3.05) is 13.1 Å². The van der Waals surface area contributed by atoms with Gasteiger partial charge in [-0.15, -0.1) is 0 Å². The number of rotatable bonds is 11. The van der Waals surface area contributed by atoms with Gasteiger partial charge in [-0.25, -0.2) is 0 Å². The van der Waals surface area contributed by atoms with Gasteiger partial charge >= 0.3 is 0 Å². The first-order valence-electron chi connectivity index (χ1n) is 7.55. The van der Waals surface area contributed by atoms with Crippen molar-refractivity contribution < 1.29 is 0 Å². The molecule has 1 unspecified atom stereocenters. The van der Waals surface area contributed by atoms with Gasteiger partial charge in [-0.2, -0.15) is 0 Å². The normalized spacial score (nSPS) is 17.6. The van der Waals surface area contributed by atoms with Crippen LogP contribution >= 0.6 is 0 Å². The van der Waals surface area contributed by atoms with Gasteiger partial charge in [0, 0.05) is 0 Å². The predicted molar refractivity (Wildman–Crippen MR) is 72.8 cm³/mol. The van der Waals surface area contributed by atoms with E-state index in [4.69, 9.17) is 0 Å². The summed E-state index contributed by atoms with van der Waals surface area (Å²) in [6.45, 7) is 7.17. The minimum absolute atomic E-state index is 0.921. The van der Waals surface area contributed by atoms with Crippen LogP contribution in [0.5, 0.6) is 0 Å². The number of unbranched alkanes of at least 4 members (excludes halogenated alkanes) is 6. The molecule has 1 atom stereocenters. The molecule has 1 rings (SSSR count). The highest BCUT2D eigenvalue weighted by molar-refractivity contribution is 4.79. The molecular formula is C15H31N. The molecule has 1 fully saturated rings. The summed E-state index contributed by atoms with van der Waals surface area (Å²) in [5.74, 6) is 1.98. The first kappa shape index (κ1) is 14.0. The third-order valence-electron chi connectivity index (χ3n) is 3.85. The number of hydrogen-bond donors (Lipinski definition) is 1. The molecule has 0 aliphatic heterocycles. The second-order valence-electron chi connectivity index (χ2n) is 5.64. The molecule has 16 heavy (non-hydrogen) atoms. The third-order valence-corrected chi connectivity index (χ3v) is 3.85. The minimum Gasteiger partial charge on any atom is -0.316 e. The Balaban J connectivity index is 1.71. The second kappa shape index (κ2) is 9.04. The van der Waals surface area contributed by atoms with Gasteiger partial charge in [0.2, 0.25) is 0 Å². The van der Waals surface area contributed by atoms with Gasteiger partial charge in [0.05, 0.1) is 0 Å². The molecule has 0 heterocycles. The van der Waals surface area contributed by atoms with E-state index < -0.39 is 0 Å². The smallest absolute Gasteiger partial charge is 0.00205 e. The van der Waals surface area contributed by atoms with E-state index in [1.54, 1.807) is 0 Å². The Morgan fingerprint density at radius 2 is 1.62 bits per heavy atom. The zero-order chi connectivity index (χ0) is 11.6. The van der Waals surface area contributed by atoms with Crippen LogP contribution in [0.3, 0.4) is 0 Å². The quantitative estimate of drug-likeness (QED) is 0.515. The van der Waals surface area contributed by atoms with Gasteiger partial charge in [0.1, 0.15) is 0 Å². The Bertz CT molecular complexity index is 152. The highest BCUT2D eigenvalue weighted by atomic mass is 14.9. The standard InChI is InChI=1S/C15H31N/c1-3-4-5-6-7-8-9-12-16-13-14(2)15-10-11-15/h14-16H,3-13H2,1-2H3. The molecule has 96 valence electrons. The molecule has 1 aliphatic carbocycles. The molecule has 0 aromatic heterocycles. The Kier molecular flexibility index (Phi) is 7.92. The summed E-state index contributed by atoms with van der Waals surface area (Å²) in [5.41, 5.74) is 0. The van der Waals surface area contributed by atoms with Crippen LogP contribution in [0.2, 0.25) is 0 Å². The van der Waals surface area contributed by atoms with Crippen LogP contribution in [0.25, 0.3) is 0 Å². The Morgan fingerprint density at radius 1 is 1.00 bits per heavy atom. The van der Waals surface area contributed by atoms with E-state index >= 15 is 0 Å². The number of hydrogen-bond acceptors (Lipinski definition) is 1. The summed E-state index contributed by atoms with van der Waals surface area (Å²) in [7, 11) is 0. The Labute approximate surface area is 102 Å². The van der Waals surface area contributed by atoms with Crippen molar-refractivity contribution in [3.8, 4) is 0 Å². The molecule has 0 amide bonds. The van der Waals surface area contributed by atoms with Crippen LogP contribution in [0.1, 0.15) is 71.6 Å². The largest absolute Gasteiger partial charge is 0.316 e.